The molecule has 1 aliphatic heterocycles. The average molecular weight is 327 g/mol. The van der Waals surface area contributed by atoms with Gasteiger partial charge in [-0.25, -0.2) is 15.0 Å². The van der Waals surface area contributed by atoms with Gasteiger partial charge in [0.2, 0.25) is 5.95 Å². The molecule has 128 valence electrons. The van der Waals surface area contributed by atoms with Gasteiger partial charge in [0, 0.05) is 68.2 Å². The molecule has 0 spiro atoms. The molecule has 0 unspecified atom stereocenters. The highest BCUT2D eigenvalue weighted by atomic mass is 15.5. The Morgan fingerprint density at radius 3 is 2.62 bits per heavy atom. The van der Waals surface area contributed by atoms with Crippen LogP contribution in [0.1, 0.15) is 32.8 Å². The second kappa shape index (κ2) is 9.11. The maximum atomic E-state index is 9.00. The molecule has 24 heavy (non-hydrogen) atoms. The molecule has 0 radical (unpaired) electrons. The topological polar surface area (TPSA) is 80.4 Å². The molecule has 1 N–H and O–H groups in total. The van der Waals surface area contributed by atoms with E-state index in [2.05, 4.69) is 31.4 Å². The van der Waals surface area contributed by atoms with Crippen LogP contribution in [0.3, 0.4) is 0 Å². The Bertz CT molecular complexity index is 621. The van der Waals surface area contributed by atoms with Gasteiger partial charge in [0.15, 0.2) is 0 Å². The van der Waals surface area contributed by atoms with E-state index in [9.17, 15) is 0 Å². The zero-order valence-electron chi connectivity index (χ0n) is 14.7. The summed E-state index contributed by atoms with van der Waals surface area (Å²) in [6.07, 6.45) is 6.16. The molecule has 1 aromatic heterocycles. The smallest absolute Gasteiger partial charge is 0.250 e. The van der Waals surface area contributed by atoms with Gasteiger partial charge in [-0.2, -0.15) is 10.4 Å². The summed E-state index contributed by atoms with van der Waals surface area (Å²) in [6, 6.07) is 2.10. The molecule has 1 aromatic rings. The number of allylic oxidation sites excluding steroid dienone is 1. The van der Waals surface area contributed by atoms with E-state index in [0.29, 0.717) is 11.5 Å². The highest BCUT2D eigenvalue weighted by Gasteiger charge is 2.12. The van der Waals surface area contributed by atoms with Crippen LogP contribution in [0.15, 0.2) is 29.3 Å². The number of nitrogens with one attached hydrogen (secondary N) is 1. The van der Waals surface area contributed by atoms with Gasteiger partial charge >= 0.3 is 0 Å². The van der Waals surface area contributed by atoms with Crippen molar-refractivity contribution in [3.8, 4) is 6.07 Å². The number of rotatable bonds is 6. The van der Waals surface area contributed by atoms with Crippen molar-refractivity contribution in [1.29, 1.82) is 5.26 Å². The first kappa shape index (κ1) is 18.0. The van der Waals surface area contributed by atoms with Crippen molar-refractivity contribution in [2.45, 2.75) is 33.7 Å². The minimum Gasteiger partial charge on any atom is -0.314 e. The Morgan fingerprint density at radius 1 is 1.38 bits per heavy atom. The lowest BCUT2D eigenvalue weighted by Gasteiger charge is -2.27. The Morgan fingerprint density at radius 2 is 2.04 bits per heavy atom. The Balaban J connectivity index is 2.13. The molecule has 0 amide bonds. The number of anilines is 1. The molecule has 7 nitrogen and oxygen atoms in total. The summed E-state index contributed by atoms with van der Waals surface area (Å²) < 4.78 is 0. The molecule has 1 saturated heterocycles. The van der Waals surface area contributed by atoms with E-state index in [4.69, 9.17) is 5.26 Å². The zero-order chi connectivity index (χ0) is 17.4. The van der Waals surface area contributed by atoms with Crippen molar-refractivity contribution in [3.63, 3.8) is 0 Å². The Hall–Kier alpha value is -2.30. The van der Waals surface area contributed by atoms with Crippen molar-refractivity contribution in [2.75, 3.05) is 31.2 Å². The quantitative estimate of drug-likeness (QED) is 0.488. The normalized spacial score (nSPS) is 16.8. The van der Waals surface area contributed by atoms with Crippen LogP contribution in [-0.2, 0) is 6.54 Å². The van der Waals surface area contributed by atoms with E-state index in [-0.39, 0.29) is 0 Å². The summed E-state index contributed by atoms with van der Waals surface area (Å²) in [6.45, 7) is 10.7. The minimum atomic E-state index is 0.474. The molecule has 0 bridgehead atoms. The van der Waals surface area contributed by atoms with Crippen LogP contribution in [0, 0.1) is 11.3 Å². The first-order valence-corrected chi connectivity index (χ1v) is 8.28. The van der Waals surface area contributed by atoms with Crippen molar-refractivity contribution in [3.05, 3.63) is 29.7 Å². The molecule has 0 aliphatic carbocycles. The fourth-order valence-electron chi connectivity index (χ4n) is 2.27. The van der Waals surface area contributed by atoms with Gasteiger partial charge in [0.1, 0.15) is 0 Å². The van der Waals surface area contributed by atoms with Crippen molar-refractivity contribution in [2.24, 2.45) is 5.10 Å². The highest BCUT2D eigenvalue weighted by Crippen LogP contribution is 2.12. The van der Waals surface area contributed by atoms with Crippen molar-refractivity contribution >= 4 is 11.7 Å². The van der Waals surface area contributed by atoms with E-state index >= 15 is 0 Å². The van der Waals surface area contributed by atoms with Gasteiger partial charge in [-0.3, -0.25) is 4.90 Å². The van der Waals surface area contributed by atoms with Crippen molar-refractivity contribution < 1.29 is 0 Å². The number of hydrazone groups is 1. The van der Waals surface area contributed by atoms with Crippen LogP contribution in [0.4, 0.5) is 5.95 Å². The van der Waals surface area contributed by atoms with E-state index < -0.39 is 0 Å². The molecule has 0 aromatic carbocycles. The predicted molar refractivity (Wildman–Crippen MR) is 95.4 cm³/mol. The second-order valence-corrected chi connectivity index (χ2v) is 5.87. The number of aromatic nitrogens is 2. The first-order chi connectivity index (χ1) is 11.6. The van der Waals surface area contributed by atoms with Gasteiger partial charge in [0.05, 0.1) is 6.07 Å². The Kier molecular flexibility index (Phi) is 6.85. The van der Waals surface area contributed by atoms with E-state index in [1.54, 1.807) is 18.1 Å². The molecule has 0 atom stereocenters. The molecular weight excluding hydrogens is 302 g/mol. The van der Waals surface area contributed by atoms with Crippen LogP contribution in [0.25, 0.3) is 0 Å². The van der Waals surface area contributed by atoms with E-state index in [1.807, 2.05) is 26.2 Å². The third-order valence-electron chi connectivity index (χ3n) is 3.79. The molecule has 7 heteroatoms. The van der Waals surface area contributed by atoms with Crippen LogP contribution < -0.4 is 10.3 Å². The second-order valence-electron chi connectivity index (χ2n) is 5.87. The van der Waals surface area contributed by atoms with E-state index in [0.717, 1.165) is 50.4 Å². The maximum absolute atomic E-state index is 9.00. The summed E-state index contributed by atoms with van der Waals surface area (Å²) in [5, 5.41) is 18.4. The van der Waals surface area contributed by atoms with Crippen LogP contribution in [-0.4, -0.2) is 46.8 Å². The van der Waals surface area contributed by atoms with Crippen molar-refractivity contribution in [1.82, 2.24) is 20.2 Å². The summed E-state index contributed by atoms with van der Waals surface area (Å²) in [5.74, 6) is 0.474. The largest absolute Gasteiger partial charge is 0.314 e. The highest BCUT2D eigenvalue weighted by molar-refractivity contribution is 5.82. The van der Waals surface area contributed by atoms with Crippen LogP contribution >= 0.6 is 0 Å². The fourth-order valence-corrected chi connectivity index (χ4v) is 2.27. The van der Waals surface area contributed by atoms with Gasteiger partial charge in [-0.05, 0) is 20.3 Å². The van der Waals surface area contributed by atoms with Gasteiger partial charge in [0.25, 0.3) is 0 Å². The number of nitriles is 1. The molecule has 0 saturated carbocycles. The lowest BCUT2D eigenvalue weighted by molar-refractivity contribution is 0.233. The third kappa shape index (κ3) is 5.41. The zero-order valence-corrected chi connectivity index (χ0v) is 14.7. The lowest BCUT2D eigenvalue weighted by Crippen LogP contribution is -2.42. The standard InChI is InChI=1S/C17H25N7/c1-4-15(3)22-24(12-14(2)9-18)17-20-10-16(11-21-17)13-23-7-5-19-6-8-23/h10-12,19H,4-8,13H2,1-3H3/b14-12+,22-15+. The molecule has 2 heterocycles. The third-order valence-corrected chi connectivity index (χ3v) is 3.79. The van der Waals surface area contributed by atoms with E-state index in [1.165, 1.54) is 0 Å². The van der Waals surface area contributed by atoms with Crippen LogP contribution in [0.5, 0.6) is 0 Å². The molecule has 1 aliphatic rings. The summed E-state index contributed by atoms with van der Waals surface area (Å²) in [4.78, 5) is 11.2. The fraction of sp³-hybridized carbons (Fsp3) is 0.529. The summed E-state index contributed by atoms with van der Waals surface area (Å²) >= 11 is 0. The predicted octanol–water partition coefficient (Wildman–Crippen LogP) is 1.90. The van der Waals surface area contributed by atoms with Gasteiger partial charge in [-0.1, -0.05) is 6.92 Å². The average Bonchev–Trinajstić information content (AvgIpc) is 2.62. The SMILES string of the molecule is CC/C(C)=N/N(/C=C(\C)C#N)c1ncc(CN2CCNCC2)cn1. The maximum Gasteiger partial charge on any atom is 0.250 e. The monoisotopic (exact) mass is 327 g/mol. The first-order valence-electron chi connectivity index (χ1n) is 8.28. The Labute approximate surface area is 143 Å². The summed E-state index contributed by atoms with van der Waals surface area (Å²) in [5.41, 5.74) is 2.58. The number of nitrogens with zero attached hydrogens (tertiary/aromatic N) is 6. The van der Waals surface area contributed by atoms with Gasteiger partial charge in [-0.15, -0.1) is 0 Å². The summed E-state index contributed by atoms with van der Waals surface area (Å²) in [7, 11) is 0. The van der Waals surface area contributed by atoms with Gasteiger partial charge < -0.3 is 5.32 Å². The number of hydrogen-bond donors (Lipinski definition) is 1. The number of piperazine rings is 1. The lowest BCUT2D eigenvalue weighted by atomic mass is 10.3. The number of hydrogen-bond acceptors (Lipinski definition) is 7. The molecule has 2 rings (SSSR count). The minimum absolute atomic E-state index is 0.474. The van der Waals surface area contributed by atoms with Crippen LogP contribution in [0.2, 0.25) is 0 Å². The molecule has 1 fully saturated rings. The molecular formula is C17H25N7.